The van der Waals surface area contributed by atoms with Gasteiger partial charge >= 0.3 is 6.09 Å². The third kappa shape index (κ3) is 4.55. The lowest BCUT2D eigenvalue weighted by molar-refractivity contribution is 0.0768. The van der Waals surface area contributed by atoms with Gasteiger partial charge in [0.2, 0.25) is 0 Å². The predicted molar refractivity (Wildman–Crippen MR) is 170 cm³/mol. The topological polar surface area (TPSA) is 41.9 Å². The Kier molecular flexibility index (Phi) is 7.50. The maximum Gasteiger partial charge on any atom is 0.431 e. The van der Waals surface area contributed by atoms with Crippen molar-refractivity contribution >= 4 is 34.7 Å². The molecule has 0 fully saturated rings. The van der Waals surface area contributed by atoms with Crippen LogP contribution in [0.25, 0.3) is 0 Å². The Morgan fingerprint density at radius 3 is 1.39 bits per heavy atom. The van der Waals surface area contributed by atoms with Crippen molar-refractivity contribution in [1.29, 1.82) is 0 Å². The molecular formula is C36H32N2O2P+. The van der Waals surface area contributed by atoms with Crippen LogP contribution in [-0.4, -0.2) is 23.2 Å². The fourth-order valence-corrected chi connectivity index (χ4v) is 10.3. The van der Waals surface area contributed by atoms with Crippen molar-refractivity contribution in [3.05, 3.63) is 163 Å². The maximum atomic E-state index is 13.9. The van der Waals surface area contributed by atoms with Crippen LogP contribution in [0.1, 0.15) is 24.5 Å². The van der Waals surface area contributed by atoms with Crippen LogP contribution in [0.3, 0.4) is 0 Å². The second-order valence-corrected chi connectivity index (χ2v) is 13.4. The second-order valence-electron chi connectivity index (χ2n) is 9.97. The molecule has 0 unspecified atom stereocenters. The zero-order valence-electron chi connectivity index (χ0n) is 23.0. The normalized spacial score (nSPS) is 14.4. The van der Waals surface area contributed by atoms with Gasteiger partial charge in [0, 0.05) is 0 Å². The Morgan fingerprint density at radius 1 is 0.659 bits per heavy atom. The number of amides is 1. The standard InChI is InChI=1S/C36H32N2O2P/c1-2-40-35(39)38-36(29-18-8-3-9-19-29,30-20-10-4-11-21-30)28-34(37-38)41(31-22-12-5-13-23-31,32-24-14-6-15-25-32)33-26-16-7-17-27-33/h3-27H,2,28H2,1H3/q+1. The Labute approximate surface area is 242 Å². The number of hydrogen-bond acceptors (Lipinski definition) is 3. The number of hydrogen-bond donors (Lipinski definition) is 0. The fourth-order valence-electron chi connectivity index (χ4n) is 6.00. The van der Waals surface area contributed by atoms with E-state index < -0.39 is 18.9 Å². The lowest BCUT2D eigenvalue weighted by atomic mass is 9.80. The van der Waals surface area contributed by atoms with Gasteiger partial charge in [-0.05, 0) is 54.4 Å². The second kappa shape index (κ2) is 11.5. The molecule has 1 aliphatic rings. The molecule has 41 heavy (non-hydrogen) atoms. The molecule has 0 saturated carbocycles. The van der Waals surface area contributed by atoms with Crippen molar-refractivity contribution in [2.24, 2.45) is 5.10 Å². The molecule has 4 nitrogen and oxygen atoms in total. The first kappa shape index (κ1) is 26.7. The molecule has 6 rings (SSSR count). The molecule has 0 radical (unpaired) electrons. The van der Waals surface area contributed by atoms with Gasteiger partial charge in [0.15, 0.2) is 12.7 Å². The van der Waals surface area contributed by atoms with Gasteiger partial charge in [0.25, 0.3) is 0 Å². The summed E-state index contributed by atoms with van der Waals surface area (Å²) < 4.78 is 5.69. The summed E-state index contributed by atoms with van der Waals surface area (Å²) in [5.74, 6) is 0. The van der Waals surface area contributed by atoms with Crippen LogP contribution in [0.4, 0.5) is 4.79 Å². The van der Waals surface area contributed by atoms with Crippen LogP contribution < -0.4 is 15.9 Å². The Morgan fingerprint density at radius 2 is 1.02 bits per heavy atom. The minimum absolute atomic E-state index is 0.260. The minimum atomic E-state index is -2.52. The summed E-state index contributed by atoms with van der Waals surface area (Å²) in [4.78, 5) is 13.9. The van der Waals surface area contributed by atoms with Crippen molar-refractivity contribution in [3.8, 4) is 0 Å². The Balaban J connectivity index is 1.70. The highest BCUT2D eigenvalue weighted by Crippen LogP contribution is 2.62. The first-order chi connectivity index (χ1) is 20.2. The van der Waals surface area contributed by atoms with Gasteiger partial charge < -0.3 is 4.74 Å². The number of carbonyl (C=O) groups excluding carboxylic acids is 1. The molecular weight excluding hydrogens is 523 g/mol. The summed E-state index contributed by atoms with van der Waals surface area (Å²) in [6, 6.07) is 52.4. The maximum absolute atomic E-state index is 13.9. The SMILES string of the molecule is CCOC(=O)N1N=C([P+](c2ccccc2)(c2ccccc2)c2ccccc2)CC1(c1ccccc1)c1ccccc1. The van der Waals surface area contributed by atoms with Gasteiger partial charge in [-0.15, -0.1) is 5.10 Å². The number of rotatable bonds is 7. The van der Waals surface area contributed by atoms with Crippen molar-refractivity contribution in [2.75, 3.05) is 6.61 Å². The van der Waals surface area contributed by atoms with E-state index in [9.17, 15) is 4.79 Å². The molecule has 0 aliphatic carbocycles. The van der Waals surface area contributed by atoms with Gasteiger partial charge in [0.05, 0.1) is 13.0 Å². The van der Waals surface area contributed by atoms with Crippen LogP contribution in [0.2, 0.25) is 0 Å². The van der Waals surface area contributed by atoms with Crippen molar-refractivity contribution < 1.29 is 9.53 Å². The molecule has 1 aliphatic heterocycles. The summed E-state index contributed by atoms with van der Waals surface area (Å²) in [6.45, 7) is 2.09. The van der Waals surface area contributed by atoms with Gasteiger partial charge in [0.1, 0.15) is 21.5 Å². The molecule has 0 saturated heterocycles. The monoisotopic (exact) mass is 555 g/mol. The molecule has 0 aromatic heterocycles. The van der Waals surface area contributed by atoms with Crippen LogP contribution in [0.15, 0.2) is 157 Å². The quantitative estimate of drug-likeness (QED) is 0.201. The van der Waals surface area contributed by atoms with E-state index in [-0.39, 0.29) is 6.61 Å². The van der Waals surface area contributed by atoms with E-state index >= 15 is 0 Å². The van der Waals surface area contributed by atoms with Gasteiger partial charge in [-0.25, -0.2) is 4.79 Å². The van der Waals surface area contributed by atoms with E-state index in [1.165, 1.54) is 15.9 Å². The molecule has 1 amide bonds. The highest BCUT2D eigenvalue weighted by atomic mass is 31.2. The van der Waals surface area contributed by atoms with Gasteiger partial charge in [-0.2, -0.15) is 5.01 Å². The van der Waals surface area contributed by atoms with Crippen molar-refractivity contribution in [1.82, 2.24) is 5.01 Å². The van der Waals surface area contributed by atoms with Crippen molar-refractivity contribution in [3.63, 3.8) is 0 Å². The molecule has 0 spiro atoms. The Bertz CT molecular complexity index is 1490. The third-order valence-corrected chi connectivity index (χ3v) is 12.0. The summed E-state index contributed by atoms with van der Waals surface area (Å²) in [5, 5.41) is 10.5. The summed E-state index contributed by atoms with van der Waals surface area (Å²) in [6.07, 6.45) is 0.0641. The molecule has 5 aromatic rings. The molecule has 202 valence electrons. The highest BCUT2D eigenvalue weighted by molar-refractivity contribution is 8.08. The van der Waals surface area contributed by atoms with Crippen LogP contribution in [0.5, 0.6) is 0 Å². The molecule has 1 heterocycles. The lowest BCUT2D eigenvalue weighted by Crippen LogP contribution is -2.45. The minimum Gasteiger partial charge on any atom is -0.448 e. The van der Waals surface area contributed by atoms with E-state index in [0.717, 1.165) is 16.6 Å². The van der Waals surface area contributed by atoms with E-state index in [0.29, 0.717) is 6.42 Å². The molecule has 0 N–H and O–H groups in total. The number of nitrogens with zero attached hydrogens (tertiary/aromatic N) is 2. The van der Waals surface area contributed by atoms with E-state index in [1.807, 2.05) is 61.5 Å². The van der Waals surface area contributed by atoms with E-state index in [4.69, 9.17) is 9.84 Å². The number of hydrazone groups is 1. The van der Waals surface area contributed by atoms with Gasteiger partial charge in [-0.1, -0.05) is 115 Å². The molecule has 0 bridgehead atoms. The van der Waals surface area contributed by atoms with Gasteiger partial charge in [-0.3, -0.25) is 0 Å². The molecule has 5 aromatic carbocycles. The highest BCUT2D eigenvalue weighted by Gasteiger charge is 2.60. The first-order valence-corrected chi connectivity index (χ1v) is 15.7. The summed E-state index contributed by atoms with van der Waals surface area (Å²) in [7, 11) is -2.52. The number of ether oxygens (including phenoxy) is 1. The van der Waals surface area contributed by atoms with Crippen molar-refractivity contribution in [2.45, 2.75) is 18.9 Å². The first-order valence-electron chi connectivity index (χ1n) is 13.9. The average Bonchev–Trinajstić information content (AvgIpc) is 3.46. The molecule has 0 atom stereocenters. The number of carbonyl (C=O) groups is 1. The van der Waals surface area contributed by atoms with Crippen LogP contribution in [0, 0.1) is 0 Å². The fraction of sp³-hybridized carbons (Fsp3) is 0.111. The predicted octanol–water partition coefficient (Wildman–Crippen LogP) is 7.10. The van der Waals surface area contributed by atoms with E-state index in [2.05, 4.69) is 97.1 Å². The van der Waals surface area contributed by atoms with Crippen LogP contribution >= 0.6 is 7.26 Å². The number of benzene rings is 5. The zero-order chi connectivity index (χ0) is 28.1. The third-order valence-electron chi connectivity index (χ3n) is 7.75. The smallest absolute Gasteiger partial charge is 0.431 e. The average molecular weight is 556 g/mol. The largest absolute Gasteiger partial charge is 0.448 e. The Hall–Kier alpha value is -4.53. The summed E-state index contributed by atoms with van der Waals surface area (Å²) >= 11 is 0. The van der Waals surface area contributed by atoms with E-state index in [1.54, 1.807) is 5.01 Å². The zero-order valence-corrected chi connectivity index (χ0v) is 23.9. The lowest BCUT2D eigenvalue weighted by Gasteiger charge is -2.36. The summed E-state index contributed by atoms with van der Waals surface area (Å²) in [5.41, 5.74) is 2.07. The molecule has 5 heteroatoms. The van der Waals surface area contributed by atoms with Crippen LogP contribution in [-0.2, 0) is 10.3 Å².